The second-order valence-electron chi connectivity index (χ2n) is 6.85. The first-order valence-electron chi connectivity index (χ1n) is 10.2. The van der Waals surface area contributed by atoms with Crippen LogP contribution in [0.3, 0.4) is 0 Å². The number of unbranched alkanes of at least 4 members (excludes halogenated alkanes) is 1. The summed E-state index contributed by atoms with van der Waals surface area (Å²) in [4.78, 5) is 4.63. The third-order valence-corrected chi connectivity index (χ3v) is 4.67. The number of nitrogens with zero attached hydrogens (tertiary/aromatic N) is 1. The van der Waals surface area contributed by atoms with Crippen molar-refractivity contribution in [3.63, 3.8) is 0 Å². The number of ether oxygens (including phenoxy) is 2. The molecular formula is C24H33NO2. The van der Waals surface area contributed by atoms with Crippen LogP contribution in [0.25, 0.3) is 0 Å². The first-order valence-corrected chi connectivity index (χ1v) is 10.2. The Morgan fingerprint density at radius 1 is 0.889 bits per heavy atom. The maximum Gasteiger partial charge on any atom is 0.119 e. The Kier molecular flexibility index (Phi) is 9.47. The fourth-order valence-electron chi connectivity index (χ4n) is 2.89. The molecule has 2 aromatic rings. The topological polar surface area (TPSA) is 30.8 Å². The predicted octanol–water partition coefficient (Wildman–Crippen LogP) is 6.30. The van der Waals surface area contributed by atoms with E-state index in [1.807, 2.05) is 49.5 Å². The van der Waals surface area contributed by atoms with E-state index < -0.39 is 0 Å². The predicted molar refractivity (Wildman–Crippen MR) is 114 cm³/mol. The average molecular weight is 368 g/mol. The molecule has 0 aliphatic heterocycles. The molecule has 0 spiro atoms. The molecule has 0 N–H and O–H groups in total. The minimum atomic E-state index is 0.551. The van der Waals surface area contributed by atoms with Gasteiger partial charge in [0.15, 0.2) is 0 Å². The Labute approximate surface area is 164 Å². The summed E-state index contributed by atoms with van der Waals surface area (Å²) < 4.78 is 11.3. The highest BCUT2D eigenvalue weighted by Crippen LogP contribution is 2.17. The molecule has 27 heavy (non-hydrogen) atoms. The van der Waals surface area contributed by atoms with Crippen molar-refractivity contribution in [2.45, 2.75) is 53.1 Å². The van der Waals surface area contributed by atoms with E-state index in [0.29, 0.717) is 19.1 Å². The Morgan fingerprint density at radius 2 is 1.56 bits per heavy atom. The van der Waals surface area contributed by atoms with E-state index in [-0.39, 0.29) is 0 Å². The van der Waals surface area contributed by atoms with Crippen molar-refractivity contribution in [2.75, 3.05) is 13.2 Å². The second kappa shape index (κ2) is 12.2. The number of hydrogen-bond donors (Lipinski definition) is 0. The fourth-order valence-corrected chi connectivity index (χ4v) is 2.89. The molecule has 0 radical (unpaired) electrons. The summed E-state index contributed by atoms with van der Waals surface area (Å²) in [6.45, 7) is 8.65. The van der Waals surface area contributed by atoms with Crippen molar-refractivity contribution in [1.29, 1.82) is 0 Å². The SMILES string of the molecule is CCCCC(CC)C/N=C/c1ccc(OCc2ccc(OCC)cc2)cc1. The van der Waals surface area contributed by atoms with Gasteiger partial charge in [-0.25, -0.2) is 0 Å². The molecule has 0 saturated carbocycles. The average Bonchev–Trinajstić information content (AvgIpc) is 2.71. The van der Waals surface area contributed by atoms with E-state index in [1.165, 1.54) is 25.7 Å². The minimum absolute atomic E-state index is 0.551. The van der Waals surface area contributed by atoms with Crippen LogP contribution in [-0.4, -0.2) is 19.4 Å². The van der Waals surface area contributed by atoms with Crippen LogP contribution in [0.15, 0.2) is 53.5 Å². The van der Waals surface area contributed by atoms with Gasteiger partial charge >= 0.3 is 0 Å². The molecule has 146 valence electrons. The van der Waals surface area contributed by atoms with Crippen LogP contribution in [0.1, 0.15) is 57.6 Å². The van der Waals surface area contributed by atoms with Crippen LogP contribution in [-0.2, 0) is 6.61 Å². The Hall–Kier alpha value is -2.29. The monoisotopic (exact) mass is 367 g/mol. The van der Waals surface area contributed by atoms with Crippen LogP contribution in [0.4, 0.5) is 0 Å². The molecule has 3 heteroatoms. The molecule has 0 aliphatic rings. The number of benzene rings is 2. The number of aliphatic imine (C=N–C) groups is 1. The van der Waals surface area contributed by atoms with E-state index >= 15 is 0 Å². The standard InChI is InChI=1S/C24H33NO2/c1-4-7-8-20(5-2)17-25-18-21-9-13-24(14-10-21)27-19-22-11-15-23(16-12-22)26-6-3/h9-16,18,20H,4-8,17,19H2,1-3H3/b25-18+. The van der Waals surface area contributed by atoms with Gasteiger partial charge < -0.3 is 9.47 Å². The third kappa shape index (κ3) is 7.86. The van der Waals surface area contributed by atoms with Gasteiger partial charge in [0.25, 0.3) is 0 Å². The molecule has 0 heterocycles. The van der Waals surface area contributed by atoms with Gasteiger partial charge in [-0.2, -0.15) is 0 Å². The van der Waals surface area contributed by atoms with Crippen molar-refractivity contribution < 1.29 is 9.47 Å². The van der Waals surface area contributed by atoms with Crippen LogP contribution in [0, 0.1) is 5.92 Å². The van der Waals surface area contributed by atoms with Gasteiger partial charge in [-0.1, -0.05) is 45.2 Å². The Bertz CT molecular complexity index is 662. The molecule has 2 rings (SSSR count). The minimum Gasteiger partial charge on any atom is -0.494 e. The lowest BCUT2D eigenvalue weighted by Gasteiger charge is -2.10. The lowest BCUT2D eigenvalue weighted by molar-refractivity contribution is 0.305. The second-order valence-corrected chi connectivity index (χ2v) is 6.85. The van der Waals surface area contributed by atoms with Crippen molar-refractivity contribution in [2.24, 2.45) is 10.9 Å². The van der Waals surface area contributed by atoms with E-state index in [2.05, 4.69) is 31.0 Å². The normalized spacial score (nSPS) is 12.3. The van der Waals surface area contributed by atoms with Crippen LogP contribution >= 0.6 is 0 Å². The van der Waals surface area contributed by atoms with E-state index in [1.54, 1.807) is 0 Å². The molecule has 0 saturated heterocycles. The molecule has 1 unspecified atom stereocenters. The molecule has 0 fully saturated rings. The third-order valence-electron chi connectivity index (χ3n) is 4.67. The van der Waals surface area contributed by atoms with Crippen LogP contribution in [0.5, 0.6) is 11.5 Å². The fraction of sp³-hybridized carbons (Fsp3) is 0.458. The Morgan fingerprint density at radius 3 is 2.19 bits per heavy atom. The lowest BCUT2D eigenvalue weighted by Crippen LogP contribution is -2.03. The van der Waals surface area contributed by atoms with Gasteiger partial charge in [0.1, 0.15) is 18.1 Å². The highest BCUT2D eigenvalue weighted by atomic mass is 16.5. The van der Waals surface area contributed by atoms with Gasteiger partial charge in [-0.15, -0.1) is 0 Å². The zero-order valence-electron chi connectivity index (χ0n) is 17.0. The summed E-state index contributed by atoms with van der Waals surface area (Å²) in [6.07, 6.45) is 7.02. The smallest absolute Gasteiger partial charge is 0.119 e. The quantitative estimate of drug-likeness (QED) is 0.412. The lowest BCUT2D eigenvalue weighted by atomic mass is 10.00. The molecule has 1 atom stereocenters. The van der Waals surface area contributed by atoms with Crippen molar-refractivity contribution >= 4 is 6.21 Å². The first-order chi connectivity index (χ1) is 13.2. The van der Waals surface area contributed by atoms with Gasteiger partial charge in [0, 0.05) is 12.8 Å². The van der Waals surface area contributed by atoms with Gasteiger partial charge in [-0.05, 0) is 66.8 Å². The van der Waals surface area contributed by atoms with Crippen molar-refractivity contribution in [3.05, 3.63) is 59.7 Å². The first kappa shape index (κ1) is 21.0. The van der Waals surface area contributed by atoms with Gasteiger partial charge in [0.05, 0.1) is 6.61 Å². The van der Waals surface area contributed by atoms with Crippen molar-refractivity contribution in [3.8, 4) is 11.5 Å². The molecule has 0 bridgehead atoms. The maximum atomic E-state index is 5.87. The van der Waals surface area contributed by atoms with E-state index in [0.717, 1.165) is 29.2 Å². The van der Waals surface area contributed by atoms with Crippen LogP contribution < -0.4 is 9.47 Å². The summed E-state index contributed by atoms with van der Waals surface area (Å²) in [5.41, 5.74) is 2.25. The molecule has 0 aliphatic carbocycles. The molecule has 3 nitrogen and oxygen atoms in total. The zero-order chi connectivity index (χ0) is 19.3. The highest BCUT2D eigenvalue weighted by molar-refractivity contribution is 5.79. The molecule has 2 aromatic carbocycles. The summed E-state index contributed by atoms with van der Waals surface area (Å²) >= 11 is 0. The van der Waals surface area contributed by atoms with Gasteiger partial charge in [-0.3, -0.25) is 4.99 Å². The molecule has 0 amide bonds. The Balaban J connectivity index is 1.79. The summed E-state index contributed by atoms with van der Waals surface area (Å²) in [5.74, 6) is 2.47. The summed E-state index contributed by atoms with van der Waals surface area (Å²) in [5, 5.41) is 0. The largest absolute Gasteiger partial charge is 0.494 e. The number of rotatable bonds is 12. The van der Waals surface area contributed by atoms with E-state index in [4.69, 9.17) is 9.47 Å². The van der Waals surface area contributed by atoms with Gasteiger partial charge in [0.2, 0.25) is 0 Å². The molecule has 0 aromatic heterocycles. The molecular weight excluding hydrogens is 334 g/mol. The zero-order valence-corrected chi connectivity index (χ0v) is 17.0. The summed E-state index contributed by atoms with van der Waals surface area (Å²) in [7, 11) is 0. The summed E-state index contributed by atoms with van der Waals surface area (Å²) in [6, 6.07) is 16.2. The van der Waals surface area contributed by atoms with Crippen molar-refractivity contribution in [1.82, 2.24) is 0 Å². The van der Waals surface area contributed by atoms with E-state index in [9.17, 15) is 0 Å². The van der Waals surface area contributed by atoms with Crippen LogP contribution in [0.2, 0.25) is 0 Å². The highest BCUT2D eigenvalue weighted by Gasteiger charge is 2.03. The maximum absolute atomic E-state index is 5.87. The number of hydrogen-bond acceptors (Lipinski definition) is 3.